The summed E-state index contributed by atoms with van der Waals surface area (Å²) in [6, 6.07) is 0. The Kier molecular flexibility index (Phi) is 3.87. The third-order valence-electron chi connectivity index (χ3n) is 8.96. The van der Waals surface area contributed by atoms with Gasteiger partial charge in [-0.25, -0.2) is 0 Å². The SMILES string of the molecule is CC(=O)[C@@H]1CC[C@@]2(O)[C@]1(C)[C@H](O)C[C@@H]1[C@@]3(C)CC[C@H](O)CC3=CC[C@]12O. The van der Waals surface area contributed by atoms with Crippen molar-refractivity contribution in [2.45, 2.75) is 89.1 Å². The average molecular weight is 364 g/mol. The zero-order valence-corrected chi connectivity index (χ0v) is 16.0. The summed E-state index contributed by atoms with van der Waals surface area (Å²) < 4.78 is 0. The van der Waals surface area contributed by atoms with Gasteiger partial charge in [0.2, 0.25) is 0 Å². The topological polar surface area (TPSA) is 98.0 Å². The van der Waals surface area contributed by atoms with E-state index in [1.54, 1.807) is 6.92 Å². The molecule has 0 radical (unpaired) electrons. The molecule has 5 nitrogen and oxygen atoms in total. The lowest BCUT2D eigenvalue weighted by Crippen LogP contribution is -2.75. The zero-order valence-electron chi connectivity index (χ0n) is 16.0. The van der Waals surface area contributed by atoms with E-state index >= 15 is 0 Å². The van der Waals surface area contributed by atoms with Crippen molar-refractivity contribution in [2.75, 3.05) is 0 Å². The Bertz CT molecular complexity index is 673. The Morgan fingerprint density at radius 3 is 2.50 bits per heavy atom. The van der Waals surface area contributed by atoms with Crippen molar-refractivity contribution in [2.24, 2.45) is 22.7 Å². The van der Waals surface area contributed by atoms with Gasteiger partial charge in [0.25, 0.3) is 0 Å². The number of aliphatic hydroxyl groups is 4. The molecule has 3 saturated carbocycles. The molecule has 26 heavy (non-hydrogen) atoms. The van der Waals surface area contributed by atoms with Gasteiger partial charge < -0.3 is 20.4 Å². The Morgan fingerprint density at radius 1 is 1.15 bits per heavy atom. The Balaban J connectivity index is 1.84. The van der Waals surface area contributed by atoms with Crippen LogP contribution in [0.2, 0.25) is 0 Å². The molecule has 0 aromatic carbocycles. The second-order valence-corrected chi connectivity index (χ2v) is 9.82. The largest absolute Gasteiger partial charge is 0.393 e. The van der Waals surface area contributed by atoms with E-state index in [1.807, 2.05) is 6.08 Å². The number of carbonyl (C=O) groups excluding carboxylic acids is 1. The third-order valence-corrected chi connectivity index (χ3v) is 8.96. The van der Waals surface area contributed by atoms with Crippen molar-refractivity contribution >= 4 is 5.78 Å². The van der Waals surface area contributed by atoms with Crippen LogP contribution >= 0.6 is 0 Å². The lowest BCUT2D eigenvalue weighted by molar-refractivity contribution is -0.297. The minimum Gasteiger partial charge on any atom is -0.393 e. The highest BCUT2D eigenvalue weighted by Gasteiger charge is 2.76. The van der Waals surface area contributed by atoms with Crippen molar-refractivity contribution in [3.05, 3.63) is 11.6 Å². The first-order chi connectivity index (χ1) is 12.0. The van der Waals surface area contributed by atoms with E-state index in [1.165, 1.54) is 6.92 Å². The van der Waals surface area contributed by atoms with E-state index in [4.69, 9.17) is 0 Å². The number of fused-ring (bicyclic) bond motifs is 5. The first kappa shape index (κ1) is 18.6. The predicted octanol–water partition coefficient (Wildman–Crippen LogP) is 1.72. The average Bonchev–Trinajstić information content (AvgIpc) is 2.86. The molecule has 146 valence electrons. The molecule has 8 atom stereocenters. The van der Waals surface area contributed by atoms with Gasteiger partial charge in [0, 0.05) is 17.3 Å². The van der Waals surface area contributed by atoms with E-state index in [2.05, 4.69) is 6.92 Å². The fraction of sp³-hybridized carbons (Fsp3) is 0.857. The molecule has 0 aromatic heterocycles. The van der Waals surface area contributed by atoms with Crippen molar-refractivity contribution < 1.29 is 25.2 Å². The maximum absolute atomic E-state index is 12.2. The molecule has 0 unspecified atom stereocenters. The molecule has 0 amide bonds. The molecule has 5 heteroatoms. The molecular formula is C21H32O5. The van der Waals surface area contributed by atoms with Gasteiger partial charge in [-0.2, -0.15) is 0 Å². The zero-order chi connectivity index (χ0) is 19.1. The van der Waals surface area contributed by atoms with Gasteiger partial charge in [-0.05, 0) is 57.3 Å². The van der Waals surface area contributed by atoms with Gasteiger partial charge in [-0.15, -0.1) is 0 Å². The van der Waals surface area contributed by atoms with Crippen LogP contribution in [0.25, 0.3) is 0 Å². The van der Waals surface area contributed by atoms with Crippen LogP contribution in [0.3, 0.4) is 0 Å². The van der Waals surface area contributed by atoms with E-state index in [0.29, 0.717) is 38.5 Å². The maximum Gasteiger partial charge on any atom is 0.133 e. The Labute approximate surface area is 155 Å². The van der Waals surface area contributed by atoms with Gasteiger partial charge >= 0.3 is 0 Å². The van der Waals surface area contributed by atoms with Crippen LogP contribution in [0.15, 0.2) is 11.6 Å². The van der Waals surface area contributed by atoms with Crippen molar-refractivity contribution in [1.29, 1.82) is 0 Å². The van der Waals surface area contributed by atoms with Gasteiger partial charge in [-0.3, -0.25) is 4.79 Å². The molecule has 0 aromatic rings. The molecule has 4 rings (SSSR count). The van der Waals surface area contributed by atoms with Crippen molar-refractivity contribution in [3.8, 4) is 0 Å². The smallest absolute Gasteiger partial charge is 0.133 e. The van der Waals surface area contributed by atoms with Gasteiger partial charge in [0.15, 0.2) is 0 Å². The fourth-order valence-electron chi connectivity index (χ4n) is 7.29. The summed E-state index contributed by atoms with van der Waals surface area (Å²) in [6.07, 6.45) is 4.36. The monoisotopic (exact) mass is 364 g/mol. The minimum absolute atomic E-state index is 0.0245. The van der Waals surface area contributed by atoms with Crippen LogP contribution in [0.5, 0.6) is 0 Å². The minimum atomic E-state index is -1.49. The predicted molar refractivity (Wildman–Crippen MR) is 96.2 cm³/mol. The van der Waals surface area contributed by atoms with Crippen LogP contribution in [-0.4, -0.2) is 49.6 Å². The lowest BCUT2D eigenvalue weighted by Gasteiger charge is -2.66. The first-order valence-electron chi connectivity index (χ1n) is 10.0. The molecule has 0 spiro atoms. The van der Waals surface area contributed by atoms with Crippen LogP contribution in [-0.2, 0) is 4.79 Å². The molecule has 0 bridgehead atoms. The number of rotatable bonds is 1. The number of carbonyl (C=O) groups is 1. The number of hydrogen-bond donors (Lipinski definition) is 4. The molecule has 3 fully saturated rings. The highest BCUT2D eigenvalue weighted by Crippen LogP contribution is 2.69. The highest BCUT2D eigenvalue weighted by atomic mass is 16.4. The molecule has 4 aliphatic rings. The van der Waals surface area contributed by atoms with E-state index in [-0.39, 0.29) is 23.2 Å². The van der Waals surface area contributed by atoms with Crippen LogP contribution in [0, 0.1) is 22.7 Å². The summed E-state index contributed by atoms with van der Waals surface area (Å²) in [6.45, 7) is 5.42. The molecule has 0 saturated heterocycles. The fourth-order valence-corrected chi connectivity index (χ4v) is 7.29. The number of Topliss-reactive ketones (excluding diaryl/α,β-unsaturated/α-hetero) is 1. The van der Waals surface area contributed by atoms with Crippen LogP contribution in [0.1, 0.15) is 65.7 Å². The van der Waals surface area contributed by atoms with Crippen LogP contribution < -0.4 is 0 Å². The summed E-state index contributed by atoms with van der Waals surface area (Å²) in [5.74, 6) is -0.733. The van der Waals surface area contributed by atoms with Gasteiger partial charge in [0.05, 0.1) is 12.2 Å². The Hall–Kier alpha value is -0.750. The van der Waals surface area contributed by atoms with Gasteiger partial charge in [-0.1, -0.05) is 25.5 Å². The van der Waals surface area contributed by atoms with E-state index in [0.717, 1.165) is 12.0 Å². The second kappa shape index (κ2) is 5.40. The van der Waals surface area contributed by atoms with E-state index < -0.39 is 28.6 Å². The normalized spacial score (nSPS) is 56.2. The van der Waals surface area contributed by atoms with Gasteiger partial charge in [0.1, 0.15) is 17.0 Å². The molecule has 0 aliphatic heterocycles. The van der Waals surface area contributed by atoms with Crippen molar-refractivity contribution in [3.63, 3.8) is 0 Å². The summed E-state index contributed by atoms with van der Waals surface area (Å²) in [5.41, 5.74) is -3.06. The lowest BCUT2D eigenvalue weighted by atomic mass is 9.43. The molecule has 4 aliphatic carbocycles. The summed E-state index contributed by atoms with van der Waals surface area (Å²) in [5, 5.41) is 44.9. The van der Waals surface area contributed by atoms with Crippen molar-refractivity contribution in [1.82, 2.24) is 0 Å². The summed E-state index contributed by atoms with van der Waals surface area (Å²) in [7, 11) is 0. The Morgan fingerprint density at radius 2 is 1.85 bits per heavy atom. The standard InChI is InChI=1S/C21H32O5/c1-12(22)15-6-9-21(26)19(15,3)17(24)11-16-18(2)7-5-14(23)10-13(18)4-8-20(16,21)25/h4,14-17,23-26H,5-11H2,1-3H3/t14-,15-,16+,17+,18-,19-,20-,21+/m0/s1. The highest BCUT2D eigenvalue weighted by molar-refractivity contribution is 5.80. The maximum atomic E-state index is 12.2. The second-order valence-electron chi connectivity index (χ2n) is 9.82. The number of ketones is 1. The molecular weight excluding hydrogens is 332 g/mol. The number of hydrogen-bond acceptors (Lipinski definition) is 5. The van der Waals surface area contributed by atoms with Crippen LogP contribution in [0.4, 0.5) is 0 Å². The summed E-state index contributed by atoms with van der Waals surface area (Å²) >= 11 is 0. The quantitative estimate of drug-likeness (QED) is 0.531. The molecule has 0 heterocycles. The first-order valence-corrected chi connectivity index (χ1v) is 10.0. The molecule has 4 N–H and O–H groups in total. The number of aliphatic hydroxyl groups excluding tert-OH is 2. The van der Waals surface area contributed by atoms with E-state index in [9.17, 15) is 25.2 Å². The third kappa shape index (κ3) is 1.93. The summed E-state index contributed by atoms with van der Waals surface area (Å²) in [4.78, 5) is 12.2.